The molecule has 2 aromatic carbocycles. The van der Waals surface area contributed by atoms with E-state index in [0.29, 0.717) is 6.54 Å². The van der Waals surface area contributed by atoms with Crippen LogP contribution >= 0.6 is 23.2 Å². The number of nitrogens with one attached hydrogen (secondary N) is 1. The summed E-state index contributed by atoms with van der Waals surface area (Å²) in [7, 11) is -3.89. The molecule has 7 nitrogen and oxygen atoms in total. The molecule has 0 aromatic heterocycles. The number of carbonyl (C=O) groups excluding carboxylic acids is 2. The highest BCUT2D eigenvalue weighted by atomic mass is 35.5. The summed E-state index contributed by atoms with van der Waals surface area (Å²) in [5, 5.41) is 3.26. The van der Waals surface area contributed by atoms with Crippen molar-refractivity contribution in [3.8, 4) is 0 Å². The van der Waals surface area contributed by atoms with E-state index in [0.717, 1.165) is 21.7 Å². The highest BCUT2D eigenvalue weighted by molar-refractivity contribution is 7.92. The summed E-state index contributed by atoms with van der Waals surface area (Å²) in [6.07, 6.45) is 0.988. The van der Waals surface area contributed by atoms with Crippen LogP contribution in [0.4, 0.5) is 5.69 Å². The zero-order valence-electron chi connectivity index (χ0n) is 20.0. The number of anilines is 1. The number of sulfonamides is 1. The Balaban J connectivity index is 2.43. The monoisotopic (exact) mass is 527 g/mol. The molecule has 34 heavy (non-hydrogen) atoms. The lowest BCUT2D eigenvalue weighted by Gasteiger charge is -2.32. The molecule has 2 rings (SSSR count). The van der Waals surface area contributed by atoms with Crippen LogP contribution in [-0.4, -0.2) is 50.5 Å². The topological polar surface area (TPSA) is 86.8 Å². The lowest BCUT2D eigenvalue weighted by molar-refractivity contribution is -0.139. The van der Waals surface area contributed by atoms with Crippen LogP contribution < -0.4 is 9.62 Å². The maximum atomic E-state index is 13.5. The molecule has 10 heteroatoms. The molecule has 0 unspecified atom stereocenters. The lowest BCUT2D eigenvalue weighted by Crippen LogP contribution is -2.51. The number of hydrogen-bond acceptors (Lipinski definition) is 4. The van der Waals surface area contributed by atoms with Gasteiger partial charge in [0.15, 0.2) is 0 Å². The predicted molar refractivity (Wildman–Crippen MR) is 138 cm³/mol. The van der Waals surface area contributed by atoms with Crippen LogP contribution in [0.1, 0.15) is 31.9 Å². The molecule has 0 spiro atoms. The third-order valence-corrected chi connectivity index (χ3v) is 6.99. The predicted octanol–water partition coefficient (Wildman–Crippen LogP) is 4.26. The fourth-order valence-electron chi connectivity index (χ4n) is 3.28. The van der Waals surface area contributed by atoms with E-state index in [9.17, 15) is 18.0 Å². The van der Waals surface area contributed by atoms with Crippen LogP contribution in [0.2, 0.25) is 10.0 Å². The SMILES string of the molecule is Cc1ccccc1CN(C(=O)CN(c1cc(Cl)ccc1Cl)S(C)(=O)=O)[C@@H](C)C(=O)NCC(C)C. The molecule has 1 N–H and O–H groups in total. The van der Waals surface area contributed by atoms with Crippen molar-refractivity contribution < 1.29 is 18.0 Å². The largest absolute Gasteiger partial charge is 0.354 e. The van der Waals surface area contributed by atoms with Gasteiger partial charge in [-0.1, -0.05) is 61.3 Å². The Bertz CT molecular complexity index is 1140. The molecule has 0 bridgehead atoms. The Labute approximate surface area is 212 Å². The molecule has 2 aromatic rings. The summed E-state index contributed by atoms with van der Waals surface area (Å²) >= 11 is 12.3. The van der Waals surface area contributed by atoms with E-state index in [4.69, 9.17) is 23.2 Å². The molecular weight excluding hydrogens is 497 g/mol. The Morgan fingerprint density at radius 2 is 1.71 bits per heavy atom. The molecule has 0 aliphatic rings. The van der Waals surface area contributed by atoms with Crippen LogP contribution in [0.5, 0.6) is 0 Å². The number of rotatable bonds is 10. The Morgan fingerprint density at radius 1 is 1.06 bits per heavy atom. The Morgan fingerprint density at radius 3 is 2.29 bits per heavy atom. The minimum absolute atomic E-state index is 0.0952. The summed E-state index contributed by atoms with van der Waals surface area (Å²) < 4.78 is 26.2. The summed E-state index contributed by atoms with van der Waals surface area (Å²) in [6.45, 7) is 7.55. The Kier molecular flexibility index (Phi) is 9.79. The summed E-state index contributed by atoms with van der Waals surface area (Å²) in [4.78, 5) is 27.8. The van der Waals surface area contributed by atoms with E-state index in [1.54, 1.807) is 6.92 Å². The second-order valence-electron chi connectivity index (χ2n) is 8.63. The van der Waals surface area contributed by atoms with E-state index < -0.39 is 28.5 Å². The smallest absolute Gasteiger partial charge is 0.244 e. The first-order valence-electron chi connectivity index (χ1n) is 10.9. The maximum Gasteiger partial charge on any atom is 0.244 e. The minimum atomic E-state index is -3.89. The zero-order chi connectivity index (χ0) is 25.6. The van der Waals surface area contributed by atoms with Gasteiger partial charge >= 0.3 is 0 Å². The highest BCUT2D eigenvalue weighted by Crippen LogP contribution is 2.31. The number of nitrogens with zero attached hydrogens (tertiary/aromatic N) is 2. The van der Waals surface area contributed by atoms with Gasteiger partial charge in [0.25, 0.3) is 0 Å². The van der Waals surface area contributed by atoms with Gasteiger partial charge in [-0.05, 0) is 49.1 Å². The van der Waals surface area contributed by atoms with Crippen molar-refractivity contribution in [1.82, 2.24) is 10.2 Å². The molecule has 186 valence electrons. The normalized spacial score (nSPS) is 12.4. The van der Waals surface area contributed by atoms with Crippen molar-refractivity contribution >= 4 is 50.7 Å². The fourth-order valence-corrected chi connectivity index (χ4v) is 4.57. The van der Waals surface area contributed by atoms with Gasteiger partial charge in [-0.3, -0.25) is 13.9 Å². The van der Waals surface area contributed by atoms with Crippen LogP contribution in [0.25, 0.3) is 0 Å². The van der Waals surface area contributed by atoms with E-state index in [1.165, 1.54) is 23.1 Å². The summed E-state index contributed by atoms with van der Waals surface area (Å²) in [6, 6.07) is 11.1. The molecule has 0 saturated carbocycles. The lowest BCUT2D eigenvalue weighted by atomic mass is 10.1. The summed E-state index contributed by atoms with van der Waals surface area (Å²) in [5.74, 6) is -0.624. The minimum Gasteiger partial charge on any atom is -0.354 e. The van der Waals surface area contributed by atoms with Crippen LogP contribution in [-0.2, 0) is 26.2 Å². The van der Waals surface area contributed by atoms with Gasteiger partial charge in [0.2, 0.25) is 21.8 Å². The van der Waals surface area contributed by atoms with E-state index >= 15 is 0 Å². The zero-order valence-corrected chi connectivity index (χ0v) is 22.3. The van der Waals surface area contributed by atoms with Crippen molar-refractivity contribution in [1.29, 1.82) is 0 Å². The molecule has 2 amide bonds. The second-order valence-corrected chi connectivity index (χ2v) is 11.4. The number of halogens is 2. The number of amides is 2. The van der Waals surface area contributed by atoms with Crippen molar-refractivity contribution in [3.63, 3.8) is 0 Å². The molecule has 1 atom stereocenters. The third-order valence-electron chi connectivity index (χ3n) is 5.31. The first-order valence-corrected chi connectivity index (χ1v) is 13.5. The van der Waals surface area contributed by atoms with Crippen LogP contribution in [0.15, 0.2) is 42.5 Å². The van der Waals surface area contributed by atoms with Crippen molar-refractivity contribution in [2.24, 2.45) is 5.92 Å². The van der Waals surface area contributed by atoms with Crippen LogP contribution in [0, 0.1) is 12.8 Å². The van der Waals surface area contributed by atoms with Gasteiger partial charge in [-0.15, -0.1) is 0 Å². The third kappa shape index (κ3) is 7.61. The quantitative estimate of drug-likeness (QED) is 0.500. The van der Waals surface area contributed by atoms with E-state index in [2.05, 4.69) is 5.32 Å². The van der Waals surface area contributed by atoms with Gasteiger partial charge in [-0.2, -0.15) is 0 Å². The number of benzene rings is 2. The summed E-state index contributed by atoms with van der Waals surface area (Å²) in [5.41, 5.74) is 1.90. The maximum absolute atomic E-state index is 13.5. The molecule has 0 heterocycles. The number of carbonyl (C=O) groups is 2. The first kappa shape index (κ1) is 28.0. The number of aryl methyl sites for hydroxylation is 1. The van der Waals surface area contributed by atoms with E-state index in [1.807, 2.05) is 45.0 Å². The van der Waals surface area contributed by atoms with Gasteiger partial charge in [-0.25, -0.2) is 8.42 Å². The fraction of sp³-hybridized carbons (Fsp3) is 0.417. The van der Waals surface area contributed by atoms with Gasteiger partial charge in [0.1, 0.15) is 12.6 Å². The second kappa shape index (κ2) is 11.9. The van der Waals surface area contributed by atoms with Crippen molar-refractivity contribution in [3.05, 3.63) is 63.6 Å². The standard InChI is InChI=1S/C24H31Cl2N3O4S/c1-16(2)13-27-24(31)18(4)28(14-19-9-7-6-8-17(19)3)23(30)15-29(34(5,32)33)22-12-20(25)10-11-21(22)26/h6-12,16,18H,13-15H2,1-5H3,(H,27,31)/t18-/m0/s1. The molecule has 0 fully saturated rings. The average Bonchev–Trinajstić information content (AvgIpc) is 2.75. The van der Waals surface area contributed by atoms with E-state index in [-0.39, 0.29) is 34.1 Å². The number of hydrogen-bond donors (Lipinski definition) is 1. The van der Waals surface area contributed by atoms with Gasteiger partial charge in [0, 0.05) is 18.1 Å². The first-order chi connectivity index (χ1) is 15.8. The molecule has 0 aliphatic heterocycles. The van der Waals surface area contributed by atoms with Gasteiger partial charge < -0.3 is 10.2 Å². The van der Waals surface area contributed by atoms with Crippen LogP contribution in [0.3, 0.4) is 0 Å². The van der Waals surface area contributed by atoms with Gasteiger partial charge in [0.05, 0.1) is 17.0 Å². The highest BCUT2D eigenvalue weighted by Gasteiger charge is 2.31. The Hall–Kier alpha value is -2.29. The van der Waals surface area contributed by atoms with Crippen molar-refractivity contribution in [2.45, 2.75) is 40.3 Å². The average molecular weight is 529 g/mol. The molecular formula is C24H31Cl2N3O4S. The molecule has 0 saturated heterocycles. The van der Waals surface area contributed by atoms with Crippen molar-refractivity contribution in [2.75, 3.05) is 23.7 Å². The molecule has 0 radical (unpaired) electrons. The molecule has 0 aliphatic carbocycles.